The maximum atomic E-state index is 12.2. The van der Waals surface area contributed by atoms with Crippen molar-refractivity contribution in [3.05, 3.63) is 90.0 Å². The molecule has 0 fully saturated rings. The van der Waals surface area contributed by atoms with E-state index in [1.165, 1.54) is 34.4 Å². The second kappa shape index (κ2) is 26.3. The first-order valence-electron chi connectivity index (χ1n) is 18.2. The predicted octanol–water partition coefficient (Wildman–Crippen LogP) is 4.06. The van der Waals surface area contributed by atoms with E-state index < -0.39 is 16.2 Å². The number of alkyl carbamates (subject to hydrolysis) is 1. The van der Waals surface area contributed by atoms with Crippen molar-refractivity contribution in [1.82, 2.24) is 5.32 Å². The third kappa shape index (κ3) is 16.5. The molecule has 0 spiro atoms. The Morgan fingerprint density at radius 2 is 0.852 bits per heavy atom. The number of nitrogens with one attached hydrogen (secondary N) is 1. The van der Waals surface area contributed by atoms with Crippen molar-refractivity contribution in [3.8, 4) is 11.1 Å². The fourth-order valence-electron chi connectivity index (χ4n) is 5.37. The van der Waals surface area contributed by atoms with Crippen LogP contribution >= 0.6 is 0 Å². The predicted molar refractivity (Wildman–Crippen MR) is 199 cm³/mol. The zero-order valence-electron chi connectivity index (χ0n) is 30.7. The van der Waals surface area contributed by atoms with Crippen molar-refractivity contribution in [2.24, 2.45) is 0 Å². The van der Waals surface area contributed by atoms with Crippen LogP contribution in [0.3, 0.4) is 0 Å². The fraction of sp³-hybridized carbons (Fsp3) is 0.513. The number of fused-ring (bicyclic) bond motifs is 3. The van der Waals surface area contributed by atoms with Gasteiger partial charge in [-0.25, -0.2) is 4.79 Å². The molecule has 1 N–H and O–H groups in total. The van der Waals surface area contributed by atoms with Crippen LogP contribution in [0.1, 0.15) is 17.0 Å². The van der Waals surface area contributed by atoms with E-state index in [9.17, 15) is 13.2 Å². The first-order valence-corrected chi connectivity index (χ1v) is 19.6. The van der Waals surface area contributed by atoms with Crippen LogP contribution in [0.2, 0.25) is 0 Å². The molecule has 0 aliphatic heterocycles. The summed E-state index contributed by atoms with van der Waals surface area (Å²) in [5.41, 5.74) is 4.75. The topological polar surface area (TPSA) is 156 Å². The first-order chi connectivity index (χ1) is 26.6. The van der Waals surface area contributed by atoms with Crippen LogP contribution in [-0.2, 0) is 56.9 Å². The Labute approximate surface area is 318 Å². The Morgan fingerprint density at radius 3 is 1.30 bits per heavy atom. The molecule has 0 saturated heterocycles. The molecule has 15 heteroatoms. The second-order valence-corrected chi connectivity index (χ2v) is 13.4. The third-order valence-corrected chi connectivity index (χ3v) is 9.29. The number of benzene rings is 3. The van der Waals surface area contributed by atoms with E-state index in [0.717, 1.165) is 0 Å². The van der Waals surface area contributed by atoms with E-state index in [-0.39, 0.29) is 30.6 Å². The van der Waals surface area contributed by atoms with Gasteiger partial charge in [0.05, 0.1) is 117 Å². The quantitative estimate of drug-likeness (QED) is 0.0739. The summed E-state index contributed by atoms with van der Waals surface area (Å²) in [6.45, 7) is 7.05. The highest BCUT2D eigenvalue weighted by Gasteiger charge is 2.29. The lowest BCUT2D eigenvalue weighted by Gasteiger charge is -2.14. The van der Waals surface area contributed by atoms with Crippen LogP contribution in [-0.4, -0.2) is 140 Å². The van der Waals surface area contributed by atoms with E-state index >= 15 is 0 Å². The molecule has 1 aliphatic rings. The normalized spacial score (nSPS) is 12.4. The van der Waals surface area contributed by atoms with Crippen LogP contribution in [0.15, 0.2) is 83.8 Å². The van der Waals surface area contributed by atoms with E-state index in [1.54, 1.807) is 18.2 Å². The van der Waals surface area contributed by atoms with Crippen molar-refractivity contribution in [2.75, 3.05) is 125 Å². The van der Waals surface area contributed by atoms with Gasteiger partial charge in [-0.05, 0) is 34.4 Å². The van der Waals surface area contributed by atoms with Gasteiger partial charge in [-0.1, -0.05) is 66.7 Å². The van der Waals surface area contributed by atoms with Crippen LogP contribution < -0.4 is 5.32 Å². The van der Waals surface area contributed by atoms with Gasteiger partial charge >= 0.3 is 6.09 Å². The molecule has 14 nitrogen and oxygen atoms in total. The van der Waals surface area contributed by atoms with Crippen molar-refractivity contribution in [1.29, 1.82) is 0 Å². The number of ether oxygens (including phenoxy) is 9. The molecule has 298 valence electrons. The highest BCUT2D eigenvalue weighted by atomic mass is 32.2. The van der Waals surface area contributed by atoms with Crippen LogP contribution in [0.5, 0.6) is 0 Å². The smallest absolute Gasteiger partial charge is 0.407 e. The minimum Gasteiger partial charge on any atom is -0.449 e. The van der Waals surface area contributed by atoms with Crippen molar-refractivity contribution in [2.45, 2.75) is 10.8 Å². The average Bonchev–Trinajstić information content (AvgIpc) is 3.51. The molecule has 0 radical (unpaired) electrons. The molecule has 0 atom stereocenters. The largest absolute Gasteiger partial charge is 0.449 e. The van der Waals surface area contributed by atoms with Crippen LogP contribution in [0.25, 0.3) is 11.1 Å². The van der Waals surface area contributed by atoms with Crippen molar-refractivity contribution in [3.63, 3.8) is 0 Å². The highest BCUT2D eigenvalue weighted by molar-refractivity contribution is 7.86. The second-order valence-electron chi connectivity index (χ2n) is 11.7. The number of rotatable bonds is 31. The maximum Gasteiger partial charge on any atom is 0.407 e. The summed E-state index contributed by atoms with van der Waals surface area (Å²) < 4.78 is 78.1. The molecule has 54 heavy (non-hydrogen) atoms. The van der Waals surface area contributed by atoms with Crippen LogP contribution in [0, 0.1) is 0 Å². The van der Waals surface area contributed by atoms with Gasteiger partial charge < -0.3 is 47.9 Å². The monoisotopic (exact) mass is 775 g/mol. The van der Waals surface area contributed by atoms with Crippen LogP contribution in [0.4, 0.5) is 4.79 Å². The zero-order valence-corrected chi connectivity index (χ0v) is 31.5. The minimum absolute atomic E-state index is 0.0295. The minimum atomic E-state index is -3.77. The molecule has 1 amide bonds. The number of amides is 1. The molecular formula is C39H53NO13S. The molecule has 4 rings (SSSR count). The number of hydrogen-bond acceptors (Lipinski definition) is 13. The summed E-state index contributed by atoms with van der Waals surface area (Å²) in [4.78, 5) is 12.4. The Hall–Kier alpha value is -3.48. The molecule has 3 aromatic carbocycles. The SMILES string of the molecule is O=C(NCCOCCOCCOCCOCCOCCOCCOCCOCCOS(=O)(=O)c1ccccc1)OCC1c2ccccc2-c2ccccc21. The summed E-state index contributed by atoms with van der Waals surface area (Å²) in [7, 11) is -3.77. The van der Waals surface area contributed by atoms with E-state index in [2.05, 4.69) is 29.6 Å². The molecule has 0 saturated carbocycles. The van der Waals surface area contributed by atoms with Gasteiger partial charge in [0.25, 0.3) is 10.1 Å². The first kappa shape index (κ1) is 43.3. The molecule has 3 aromatic rings. The van der Waals surface area contributed by atoms with Gasteiger partial charge in [0.15, 0.2) is 0 Å². The summed E-state index contributed by atoms with van der Waals surface area (Å²) in [6.07, 6.45) is -0.461. The lowest BCUT2D eigenvalue weighted by atomic mass is 9.98. The summed E-state index contributed by atoms with van der Waals surface area (Å²) >= 11 is 0. The Bertz CT molecular complexity index is 1520. The molecule has 0 bridgehead atoms. The fourth-order valence-corrected chi connectivity index (χ4v) is 6.29. The standard InChI is InChI=1S/C39H53NO13S/c41-39(52-32-38-36-12-6-4-10-34(36)35-11-5-7-13-37(35)38)40-14-15-44-16-17-45-18-19-46-20-21-47-22-23-48-24-25-49-26-27-50-28-29-51-30-31-53-54(42,43)33-8-2-1-3-9-33/h1-13,38H,14-32H2,(H,40,41). The van der Waals surface area contributed by atoms with Gasteiger partial charge in [0.2, 0.25) is 0 Å². The Kier molecular flexibility index (Phi) is 21.1. The molecular weight excluding hydrogens is 722 g/mol. The van der Waals surface area contributed by atoms with Crippen molar-refractivity contribution < 1.29 is 60.0 Å². The molecule has 0 aromatic heterocycles. The summed E-state index contributed by atoms with van der Waals surface area (Å²) in [6, 6.07) is 24.4. The molecule has 0 unspecified atom stereocenters. The highest BCUT2D eigenvalue weighted by Crippen LogP contribution is 2.44. The Morgan fingerprint density at radius 1 is 0.481 bits per heavy atom. The van der Waals surface area contributed by atoms with Gasteiger partial charge in [-0.3, -0.25) is 4.18 Å². The molecule has 1 aliphatic carbocycles. The van der Waals surface area contributed by atoms with Gasteiger partial charge in [0, 0.05) is 12.5 Å². The number of carbonyl (C=O) groups is 1. The van der Waals surface area contributed by atoms with E-state index in [4.69, 9.17) is 46.8 Å². The summed E-state index contributed by atoms with van der Waals surface area (Å²) in [5, 5.41) is 2.73. The van der Waals surface area contributed by atoms with E-state index in [1.807, 2.05) is 24.3 Å². The van der Waals surface area contributed by atoms with Gasteiger partial charge in [0.1, 0.15) is 6.61 Å². The zero-order chi connectivity index (χ0) is 37.9. The van der Waals surface area contributed by atoms with Crippen molar-refractivity contribution >= 4 is 16.2 Å². The number of carbonyl (C=O) groups excluding carboxylic acids is 1. The lowest BCUT2D eigenvalue weighted by molar-refractivity contribution is -0.0235. The average molecular weight is 776 g/mol. The van der Waals surface area contributed by atoms with E-state index in [0.29, 0.717) is 106 Å². The summed E-state index contributed by atoms with van der Waals surface area (Å²) in [5.74, 6) is 0.0295. The van der Waals surface area contributed by atoms with Gasteiger partial charge in [-0.15, -0.1) is 0 Å². The third-order valence-electron chi connectivity index (χ3n) is 7.96. The maximum absolute atomic E-state index is 12.2. The van der Waals surface area contributed by atoms with Gasteiger partial charge in [-0.2, -0.15) is 8.42 Å². The lowest BCUT2D eigenvalue weighted by Crippen LogP contribution is -2.29. The number of hydrogen-bond donors (Lipinski definition) is 1. The molecule has 0 heterocycles. The Balaban J connectivity index is 0.812.